The highest BCUT2D eigenvalue weighted by atomic mass is 35.5. The van der Waals surface area contributed by atoms with Crippen molar-refractivity contribution in [1.82, 2.24) is 4.90 Å². The molecule has 1 unspecified atom stereocenters. The Balaban J connectivity index is 0.00000162. The van der Waals surface area contributed by atoms with Crippen molar-refractivity contribution in [2.45, 2.75) is 51.4 Å². The summed E-state index contributed by atoms with van der Waals surface area (Å²) >= 11 is 0. The van der Waals surface area contributed by atoms with Gasteiger partial charge in [0.2, 0.25) is 5.91 Å². The van der Waals surface area contributed by atoms with Gasteiger partial charge >= 0.3 is 0 Å². The van der Waals surface area contributed by atoms with E-state index >= 15 is 0 Å². The van der Waals surface area contributed by atoms with Crippen LogP contribution in [0.1, 0.15) is 51.4 Å². The maximum Gasteiger partial charge on any atom is 0.225 e. The van der Waals surface area contributed by atoms with Gasteiger partial charge in [-0.2, -0.15) is 0 Å². The Morgan fingerprint density at radius 2 is 1.67 bits per heavy atom. The predicted molar refractivity (Wildman–Crippen MR) is 76.8 cm³/mol. The summed E-state index contributed by atoms with van der Waals surface area (Å²) < 4.78 is 0. The van der Waals surface area contributed by atoms with Crippen molar-refractivity contribution < 1.29 is 4.79 Å². The van der Waals surface area contributed by atoms with Gasteiger partial charge in [0.05, 0.1) is 0 Å². The molecular weight excluding hydrogens is 248 g/mol. The molecule has 1 saturated heterocycles. The van der Waals surface area contributed by atoms with E-state index in [0.717, 1.165) is 38.9 Å². The molecule has 2 N–H and O–H groups in total. The molecule has 1 aliphatic heterocycles. The van der Waals surface area contributed by atoms with Gasteiger partial charge in [-0.1, -0.05) is 32.1 Å². The van der Waals surface area contributed by atoms with E-state index in [1.54, 1.807) is 0 Å². The first kappa shape index (κ1) is 15.8. The quantitative estimate of drug-likeness (QED) is 0.841. The standard InChI is InChI=1S/C14H26N2O.ClH/c15-10-12-8-9-16(11-12)14(17)13-6-4-2-1-3-5-7-13;/h12-13H,1-11,15H2;1H. The predicted octanol–water partition coefficient (Wildman–Crippen LogP) is 2.58. The number of amides is 1. The number of nitrogens with zero attached hydrogens (tertiary/aromatic N) is 1. The summed E-state index contributed by atoms with van der Waals surface area (Å²) in [6.45, 7) is 2.58. The summed E-state index contributed by atoms with van der Waals surface area (Å²) in [5, 5.41) is 0. The normalized spacial score (nSPS) is 26.3. The lowest BCUT2D eigenvalue weighted by atomic mass is 9.90. The maximum absolute atomic E-state index is 12.4. The summed E-state index contributed by atoms with van der Waals surface area (Å²) in [6.07, 6.45) is 9.81. The molecule has 0 bridgehead atoms. The maximum atomic E-state index is 12.4. The molecule has 4 heteroatoms. The van der Waals surface area contributed by atoms with Crippen LogP contribution in [-0.2, 0) is 4.79 Å². The van der Waals surface area contributed by atoms with Gasteiger partial charge in [0.1, 0.15) is 0 Å². The molecule has 106 valence electrons. The summed E-state index contributed by atoms with van der Waals surface area (Å²) in [5.41, 5.74) is 5.68. The van der Waals surface area contributed by atoms with Gasteiger partial charge in [0.25, 0.3) is 0 Å². The molecule has 0 radical (unpaired) electrons. The van der Waals surface area contributed by atoms with Gasteiger partial charge in [0.15, 0.2) is 0 Å². The van der Waals surface area contributed by atoms with Crippen LogP contribution in [0.5, 0.6) is 0 Å². The van der Waals surface area contributed by atoms with Crippen LogP contribution in [0.25, 0.3) is 0 Å². The van der Waals surface area contributed by atoms with E-state index in [2.05, 4.69) is 4.90 Å². The van der Waals surface area contributed by atoms with Gasteiger partial charge in [-0.25, -0.2) is 0 Å². The number of likely N-dealkylation sites (tertiary alicyclic amines) is 1. The zero-order valence-electron chi connectivity index (χ0n) is 11.3. The van der Waals surface area contributed by atoms with E-state index in [1.165, 1.54) is 32.1 Å². The summed E-state index contributed by atoms with van der Waals surface area (Å²) in [4.78, 5) is 14.5. The molecule has 1 atom stereocenters. The van der Waals surface area contributed by atoms with Gasteiger partial charge < -0.3 is 10.6 Å². The van der Waals surface area contributed by atoms with Gasteiger partial charge in [-0.15, -0.1) is 12.4 Å². The first-order valence-electron chi connectivity index (χ1n) is 7.30. The molecule has 1 aliphatic carbocycles. The van der Waals surface area contributed by atoms with Crippen LogP contribution in [0.4, 0.5) is 0 Å². The van der Waals surface area contributed by atoms with Crippen LogP contribution >= 0.6 is 12.4 Å². The average molecular weight is 275 g/mol. The number of hydrogen-bond acceptors (Lipinski definition) is 2. The van der Waals surface area contributed by atoms with Crippen molar-refractivity contribution >= 4 is 18.3 Å². The minimum absolute atomic E-state index is 0. The largest absolute Gasteiger partial charge is 0.342 e. The minimum Gasteiger partial charge on any atom is -0.342 e. The number of hydrogen-bond donors (Lipinski definition) is 1. The van der Waals surface area contributed by atoms with Gasteiger partial charge in [0, 0.05) is 19.0 Å². The Hall–Kier alpha value is -0.280. The van der Waals surface area contributed by atoms with Crippen LogP contribution < -0.4 is 5.73 Å². The van der Waals surface area contributed by atoms with Crippen molar-refractivity contribution in [3.63, 3.8) is 0 Å². The molecule has 1 amide bonds. The van der Waals surface area contributed by atoms with Crippen molar-refractivity contribution in [3.05, 3.63) is 0 Å². The fraction of sp³-hybridized carbons (Fsp3) is 0.929. The second kappa shape index (κ2) is 8.00. The van der Waals surface area contributed by atoms with E-state index in [0.29, 0.717) is 17.7 Å². The molecule has 18 heavy (non-hydrogen) atoms. The summed E-state index contributed by atoms with van der Waals surface area (Å²) in [7, 11) is 0. The molecule has 3 nitrogen and oxygen atoms in total. The Kier molecular flexibility index (Phi) is 7.02. The SMILES string of the molecule is Cl.NCC1CCN(C(=O)C2CCCCCCC2)C1. The monoisotopic (exact) mass is 274 g/mol. The molecule has 0 aromatic heterocycles. The molecular formula is C14H27ClN2O. The Bertz CT molecular complexity index is 252. The highest BCUT2D eigenvalue weighted by molar-refractivity contribution is 5.85. The minimum atomic E-state index is 0. The number of carbonyl (C=O) groups is 1. The number of rotatable bonds is 2. The van der Waals surface area contributed by atoms with Crippen molar-refractivity contribution in [1.29, 1.82) is 0 Å². The highest BCUT2D eigenvalue weighted by Gasteiger charge is 2.29. The molecule has 1 heterocycles. The van der Waals surface area contributed by atoms with Crippen LogP contribution in [0.2, 0.25) is 0 Å². The van der Waals surface area contributed by atoms with Crippen LogP contribution in [0.15, 0.2) is 0 Å². The molecule has 1 saturated carbocycles. The summed E-state index contributed by atoms with van der Waals surface area (Å²) in [6, 6.07) is 0. The van der Waals surface area contributed by atoms with Crippen LogP contribution in [0.3, 0.4) is 0 Å². The van der Waals surface area contributed by atoms with E-state index < -0.39 is 0 Å². The zero-order valence-corrected chi connectivity index (χ0v) is 12.1. The molecule has 0 spiro atoms. The van der Waals surface area contributed by atoms with E-state index in [4.69, 9.17) is 5.73 Å². The Morgan fingerprint density at radius 3 is 2.22 bits per heavy atom. The lowest BCUT2D eigenvalue weighted by Gasteiger charge is -2.25. The lowest BCUT2D eigenvalue weighted by molar-refractivity contribution is -0.135. The first-order valence-corrected chi connectivity index (χ1v) is 7.30. The molecule has 0 aromatic rings. The number of halogens is 1. The fourth-order valence-electron chi connectivity index (χ4n) is 3.19. The van der Waals surface area contributed by atoms with Crippen molar-refractivity contribution in [2.24, 2.45) is 17.6 Å². The van der Waals surface area contributed by atoms with E-state index in [1.807, 2.05) is 0 Å². The summed E-state index contributed by atoms with van der Waals surface area (Å²) in [5.74, 6) is 1.28. The van der Waals surface area contributed by atoms with Gasteiger partial charge in [-0.3, -0.25) is 4.79 Å². The molecule has 0 aromatic carbocycles. The number of nitrogens with two attached hydrogens (primary N) is 1. The average Bonchev–Trinajstić information content (AvgIpc) is 2.76. The van der Waals surface area contributed by atoms with Crippen molar-refractivity contribution in [2.75, 3.05) is 19.6 Å². The third-order valence-corrected chi connectivity index (χ3v) is 4.39. The van der Waals surface area contributed by atoms with Crippen LogP contribution in [0, 0.1) is 11.8 Å². The second-order valence-electron chi connectivity index (χ2n) is 5.72. The van der Waals surface area contributed by atoms with Crippen molar-refractivity contribution in [3.8, 4) is 0 Å². The second-order valence-corrected chi connectivity index (χ2v) is 5.72. The third-order valence-electron chi connectivity index (χ3n) is 4.39. The lowest BCUT2D eigenvalue weighted by Crippen LogP contribution is -2.35. The topological polar surface area (TPSA) is 46.3 Å². The molecule has 2 fully saturated rings. The fourth-order valence-corrected chi connectivity index (χ4v) is 3.19. The third kappa shape index (κ3) is 4.13. The van der Waals surface area contributed by atoms with Crippen LogP contribution in [-0.4, -0.2) is 30.4 Å². The molecule has 2 aliphatic rings. The van der Waals surface area contributed by atoms with E-state index in [9.17, 15) is 4.79 Å². The van der Waals surface area contributed by atoms with E-state index in [-0.39, 0.29) is 12.4 Å². The number of carbonyl (C=O) groups excluding carboxylic acids is 1. The van der Waals surface area contributed by atoms with Gasteiger partial charge in [-0.05, 0) is 31.7 Å². The molecule has 2 rings (SSSR count). The Morgan fingerprint density at radius 1 is 1.06 bits per heavy atom. The Labute approximate surface area is 117 Å². The first-order chi connectivity index (χ1) is 8.31. The zero-order chi connectivity index (χ0) is 12.1. The highest BCUT2D eigenvalue weighted by Crippen LogP contribution is 2.26. The smallest absolute Gasteiger partial charge is 0.225 e.